The van der Waals surface area contributed by atoms with Crippen molar-refractivity contribution in [2.45, 2.75) is 19.6 Å². The third-order valence-electron chi connectivity index (χ3n) is 2.93. The van der Waals surface area contributed by atoms with E-state index >= 15 is 0 Å². The lowest BCUT2D eigenvalue weighted by Crippen LogP contribution is -2.54. The molecule has 1 aromatic rings. The number of nitrogens with one attached hydrogen (secondary N) is 1. The van der Waals surface area contributed by atoms with Crippen LogP contribution in [0.5, 0.6) is 0 Å². The molecule has 2 unspecified atom stereocenters. The molecule has 1 amide bonds. The van der Waals surface area contributed by atoms with Crippen molar-refractivity contribution < 1.29 is 29.4 Å². The van der Waals surface area contributed by atoms with E-state index in [1.54, 1.807) is 0 Å². The number of hydrogen-bond acceptors (Lipinski definition) is 8. The van der Waals surface area contributed by atoms with E-state index in [0.29, 0.717) is 11.4 Å². The number of nitrogens with zero attached hydrogens (tertiary/aromatic N) is 2. The number of carbonyl (C=O) groups excluding carboxylic acids is 2. The second-order valence-corrected chi connectivity index (χ2v) is 5.37. The lowest BCUT2D eigenvalue weighted by atomic mass is 9.95. The van der Waals surface area contributed by atoms with Crippen LogP contribution in [0.4, 0.5) is 5.00 Å². The third kappa shape index (κ3) is 3.08. The molecule has 22 heavy (non-hydrogen) atoms. The molecule has 10 heteroatoms. The molecule has 0 aliphatic carbocycles. The number of aliphatic hydroxyl groups is 1. The number of anilines is 1. The molecule has 1 aliphatic heterocycles. The van der Waals surface area contributed by atoms with Crippen LogP contribution in [0.15, 0.2) is 5.51 Å². The summed E-state index contributed by atoms with van der Waals surface area (Å²) in [6.07, 6.45) is -0.873. The maximum Gasteiger partial charge on any atom is 0.322 e. The second kappa shape index (κ2) is 6.81. The van der Waals surface area contributed by atoms with Crippen LogP contribution in [0.1, 0.15) is 23.8 Å². The number of aromatic nitrogens is 1. The van der Waals surface area contributed by atoms with Crippen LogP contribution < -0.4 is 10.4 Å². The summed E-state index contributed by atoms with van der Waals surface area (Å²) >= 11 is 1.11. The van der Waals surface area contributed by atoms with Gasteiger partial charge in [0.15, 0.2) is 11.2 Å². The number of hydrogen-bond donors (Lipinski definition) is 3. The molecule has 0 spiro atoms. The maximum absolute atomic E-state index is 12.3. The Morgan fingerprint density at radius 2 is 2.27 bits per heavy atom. The standard InChI is InChI=1S/C12H15N3O6S/c1-2-3-21-15-11(20)7(10(19)13-4-6(16)17)9(18)8-12(15)22-5-14-8/h5,7,11,20H,2-4H2,1H3,(H,13,19)(H,16,17). The van der Waals surface area contributed by atoms with Crippen molar-refractivity contribution in [2.75, 3.05) is 18.2 Å². The first-order chi connectivity index (χ1) is 10.5. The third-order valence-corrected chi connectivity index (χ3v) is 3.74. The summed E-state index contributed by atoms with van der Waals surface area (Å²) in [6, 6.07) is 0. The van der Waals surface area contributed by atoms with Gasteiger partial charge in [-0.2, -0.15) is 0 Å². The van der Waals surface area contributed by atoms with Gasteiger partial charge in [-0.15, -0.1) is 11.3 Å². The van der Waals surface area contributed by atoms with E-state index in [0.717, 1.165) is 16.4 Å². The molecule has 0 radical (unpaired) electrons. The second-order valence-electron chi connectivity index (χ2n) is 4.53. The predicted octanol–water partition coefficient (Wildman–Crippen LogP) is -0.377. The first kappa shape index (κ1) is 16.3. The Bertz CT molecular complexity index is 589. The molecule has 1 aromatic heterocycles. The zero-order valence-corrected chi connectivity index (χ0v) is 12.5. The number of thiazole rings is 1. The van der Waals surface area contributed by atoms with E-state index in [1.165, 1.54) is 5.51 Å². The van der Waals surface area contributed by atoms with Crippen molar-refractivity contribution in [3.05, 3.63) is 11.2 Å². The van der Waals surface area contributed by atoms with Crippen LogP contribution in [-0.2, 0) is 14.4 Å². The Balaban J connectivity index is 2.26. The van der Waals surface area contributed by atoms with Gasteiger partial charge >= 0.3 is 5.97 Å². The Morgan fingerprint density at radius 1 is 1.55 bits per heavy atom. The van der Waals surface area contributed by atoms with Crippen LogP contribution in [0.3, 0.4) is 0 Å². The number of fused-ring (bicyclic) bond motifs is 1. The highest BCUT2D eigenvalue weighted by Gasteiger charge is 2.46. The van der Waals surface area contributed by atoms with Gasteiger partial charge in [-0.25, -0.2) is 10.0 Å². The minimum atomic E-state index is -1.54. The van der Waals surface area contributed by atoms with Gasteiger partial charge in [-0.1, -0.05) is 6.92 Å². The van der Waals surface area contributed by atoms with E-state index in [-0.39, 0.29) is 12.3 Å². The summed E-state index contributed by atoms with van der Waals surface area (Å²) in [6.45, 7) is 1.51. The fraction of sp³-hybridized carbons (Fsp3) is 0.500. The average Bonchev–Trinajstić information content (AvgIpc) is 2.94. The molecule has 2 rings (SSSR count). The van der Waals surface area contributed by atoms with Crippen LogP contribution >= 0.6 is 11.3 Å². The number of hydroxylamine groups is 1. The minimum Gasteiger partial charge on any atom is -0.480 e. The molecule has 2 heterocycles. The zero-order chi connectivity index (χ0) is 16.3. The van der Waals surface area contributed by atoms with Crippen LogP contribution in [0, 0.1) is 5.92 Å². The number of aliphatic hydroxyl groups excluding tert-OH is 1. The molecule has 0 bridgehead atoms. The fourth-order valence-electron chi connectivity index (χ4n) is 1.96. The van der Waals surface area contributed by atoms with Crippen LogP contribution in [0.2, 0.25) is 0 Å². The van der Waals surface area contributed by atoms with Gasteiger partial charge in [-0.3, -0.25) is 19.2 Å². The number of carboxylic acid groups (broad SMARTS) is 1. The van der Waals surface area contributed by atoms with Crippen molar-refractivity contribution in [3.63, 3.8) is 0 Å². The van der Waals surface area contributed by atoms with Crippen molar-refractivity contribution in [1.82, 2.24) is 10.3 Å². The maximum atomic E-state index is 12.3. The Morgan fingerprint density at radius 3 is 2.91 bits per heavy atom. The predicted molar refractivity (Wildman–Crippen MR) is 75.3 cm³/mol. The SMILES string of the molecule is CCCON1c2scnc2C(=O)C(C(=O)NCC(=O)O)C1O. The van der Waals surface area contributed by atoms with E-state index in [9.17, 15) is 19.5 Å². The lowest BCUT2D eigenvalue weighted by Gasteiger charge is -2.35. The molecule has 0 aromatic carbocycles. The van der Waals surface area contributed by atoms with E-state index in [1.807, 2.05) is 6.92 Å². The molecule has 0 fully saturated rings. The van der Waals surface area contributed by atoms with Crippen molar-refractivity contribution in [1.29, 1.82) is 0 Å². The largest absolute Gasteiger partial charge is 0.480 e. The Labute approximate surface area is 129 Å². The quantitative estimate of drug-likeness (QED) is 0.603. The number of rotatable bonds is 6. The number of Topliss-reactive ketones (excluding diaryl/α,β-unsaturated/α-hetero) is 1. The highest BCUT2D eigenvalue weighted by Crippen LogP contribution is 2.36. The van der Waals surface area contributed by atoms with Gasteiger partial charge in [-0.05, 0) is 6.42 Å². The van der Waals surface area contributed by atoms with E-state index in [4.69, 9.17) is 9.94 Å². The Hall–Kier alpha value is -2.04. The normalized spacial score (nSPS) is 20.6. The molecule has 9 nitrogen and oxygen atoms in total. The highest BCUT2D eigenvalue weighted by molar-refractivity contribution is 7.14. The van der Waals surface area contributed by atoms with Crippen molar-refractivity contribution >= 4 is 34.0 Å². The molecule has 120 valence electrons. The highest BCUT2D eigenvalue weighted by atomic mass is 32.1. The summed E-state index contributed by atoms with van der Waals surface area (Å²) in [5, 5.41) is 22.4. The lowest BCUT2D eigenvalue weighted by molar-refractivity contribution is -0.139. The van der Waals surface area contributed by atoms with Gasteiger partial charge in [0.05, 0.1) is 12.1 Å². The molecule has 0 saturated heterocycles. The average molecular weight is 329 g/mol. The molecule has 2 atom stereocenters. The summed E-state index contributed by atoms with van der Waals surface area (Å²) in [5.74, 6) is -4.29. The number of carbonyl (C=O) groups is 3. The summed E-state index contributed by atoms with van der Waals surface area (Å²) < 4.78 is 0. The van der Waals surface area contributed by atoms with Gasteiger partial charge in [0.1, 0.15) is 18.2 Å². The monoisotopic (exact) mass is 329 g/mol. The minimum absolute atomic E-state index is 0.0295. The topological polar surface area (TPSA) is 129 Å². The molecular formula is C12H15N3O6S. The number of carboxylic acids is 1. The molecule has 1 aliphatic rings. The molecule has 3 N–H and O–H groups in total. The van der Waals surface area contributed by atoms with Gasteiger partial charge in [0, 0.05) is 0 Å². The van der Waals surface area contributed by atoms with E-state index in [2.05, 4.69) is 10.3 Å². The summed E-state index contributed by atoms with van der Waals surface area (Å²) in [7, 11) is 0. The number of ketones is 1. The van der Waals surface area contributed by atoms with Crippen LogP contribution in [-0.4, -0.2) is 52.2 Å². The van der Waals surface area contributed by atoms with E-state index < -0.39 is 36.4 Å². The Kier molecular flexibility index (Phi) is 5.06. The molecule has 0 saturated carbocycles. The van der Waals surface area contributed by atoms with Crippen LogP contribution in [0.25, 0.3) is 0 Å². The van der Waals surface area contributed by atoms with Gasteiger partial charge in [0.2, 0.25) is 11.7 Å². The smallest absolute Gasteiger partial charge is 0.322 e. The van der Waals surface area contributed by atoms with Crippen molar-refractivity contribution in [3.8, 4) is 0 Å². The van der Waals surface area contributed by atoms with Gasteiger partial charge < -0.3 is 15.5 Å². The first-order valence-corrected chi connectivity index (χ1v) is 7.42. The summed E-state index contributed by atoms with van der Waals surface area (Å²) in [5.41, 5.74) is 1.44. The first-order valence-electron chi connectivity index (χ1n) is 6.54. The fourth-order valence-corrected chi connectivity index (χ4v) is 2.74. The number of amides is 1. The molecular weight excluding hydrogens is 314 g/mol. The zero-order valence-electron chi connectivity index (χ0n) is 11.7. The van der Waals surface area contributed by atoms with Gasteiger partial charge in [0.25, 0.3) is 0 Å². The summed E-state index contributed by atoms with van der Waals surface area (Å²) in [4.78, 5) is 44.1. The number of aliphatic carboxylic acids is 1. The van der Waals surface area contributed by atoms with Crippen molar-refractivity contribution in [2.24, 2.45) is 5.92 Å².